The summed E-state index contributed by atoms with van der Waals surface area (Å²) in [5, 5.41) is 25.6. The molecule has 0 spiro atoms. The number of rotatable bonds is 2. The molecule has 0 atom stereocenters. The lowest BCUT2D eigenvalue weighted by Gasteiger charge is -2.29. The van der Waals surface area contributed by atoms with Crippen molar-refractivity contribution < 1.29 is 10.2 Å². The first kappa shape index (κ1) is 12.4. The molecule has 4 heteroatoms. The lowest BCUT2D eigenvalue weighted by atomic mass is 10.0. The van der Waals surface area contributed by atoms with Gasteiger partial charge in [-0.25, -0.2) is 0 Å². The van der Waals surface area contributed by atoms with Gasteiger partial charge in [-0.15, -0.1) is 0 Å². The van der Waals surface area contributed by atoms with Crippen LogP contribution >= 0.6 is 0 Å². The average Bonchev–Trinajstić information content (AvgIpc) is 2.27. The van der Waals surface area contributed by atoms with E-state index in [4.69, 9.17) is 0 Å². The molecule has 0 aromatic heterocycles. The molecule has 0 aliphatic carbocycles. The van der Waals surface area contributed by atoms with Gasteiger partial charge >= 0.3 is 0 Å². The van der Waals surface area contributed by atoms with Crippen molar-refractivity contribution in [2.75, 3.05) is 38.0 Å². The minimum atomic E-state index is -0.0683. The minimum absolute atomic E-state index is 0.0683. The Bertz CT molecular complexity index is 543. The Balaban J connectivity index is 2.97. The molecule has 0 N–H and O–H groups in total. The highest BCUT2D eigenvalue weighted by atomic mass is 16.3. The van der Waals surface area contributed by atoms with Gasteiger partial charge in [-0.3, -0.25) is 0 Å². The molecule has 0 bridgehead atoms. The van der Waals surface area contributed by atoms with Gasteiger partial charge in [0.1, 0.15) is 0 Å². The van der Waals surface area contributed by atoms with Gasteiger partial charge in [0.25, 0.3) is 0 Å². The summed E-state index contributed by atoms with van der Waals surface area (Å²) in [5.41, 5.74) is 1.13. The molecule has 0 fully saturated rings. The van der Waals surface area contributed by atoms with Crippen LogP contribution in [0.5, 0.6) is 11.5 Å². The van der Waals surface area contributed by atoms with Crippen LogP contribution in [0.4, 0.5) is 11.4 Å². The van der Waals surface area contributed by atoms with Gasteiger partial charge < -0.3 is 20.0 Å². The third-order valence-corrected chi connectivity index (χ3v) is 2.95. The summed E-state index contributed by atoms with van der Waals surface area (Å²) in [6.45, 7) is 0. The van der Waals surface area contributed by atoms with Crippen molar-refractivity contribution in [1.82, 2.24) is 0 Å². The van der Waals surface area contributed by atoms with E-state index >= 15 is 0 Å². The first-order valence-electron chi connectivity index (χ1n) is 5.72. The third kappa shape index (κ3) is 1.79. The maximum Gasteiger partial charge on any atom is 0.0381 e. The molecule has 2 rings (SSSR count). The molecular formula is C14H16N2O2-2. The first-order valence-corrected chi connectivity index (χ1v) is 5.72. The van der Waals surface area contributed by atoms with Crippen LogP contribution in [0.15, 0.2) is 24.3 Å². The van der Waals surface area contributed by atoms with Crippen molar-refractivity contribution in [3.63, 3.8) is 0 Å². The standard InChI is InChI=1S/C14H18N2O2/c1-15(2)13-10(17)7-5-9-6-8-11(18)14(12(9)13)16(3)4/h5-8,17-18H,1-4H3/p-2. The van der Waals surface area contributed by atoms with E-state index in [0.717, 1.165) is 10.8 Å². The fraction of sp³-hybridized carbons (Fsp3) is 0.286. The van der Waals surface area contributed by atoms with Crippen molar-refractivity contribution in [2.24, 2.45) is 0 Å². The summed E-state index contributed by atoms with van der Waals surface area (Å²) in [5.74, 6) is -0.137. The summed E-state index contributed by atoms with van der Waals surface area (Å²) < 4.78 is 0. The van der Waals surface area contributed by atoms with Gasteiger partial charge in [-0.1, -0.05) is 35.8 Å². The molecule has 0 saturated carbocycles. The van der Waals surface area contributed by atoms with E-state index in [-0.39, 0.29) is 11.5 Å². The van der Waals surface area contributed by atoms with Crippen molar-refractivity contribution in [2.45, 2.75) is 0 Å². The highest BCUT2D eigenvalue weighted by Crippen LogP contribution is 2.41. The van der Waals surface area contributed by atoms with Crippen LogP contribution in [0.1, 0.15) is 0 Å². The van der Waals surface area contributed by atoms with E-state index in [1.807, 2.05) is 28.2 Å². The molecule has 2 aromatic carbocycles. The van der Waals surface area contributed by atoms with Crippen molar-refractivity contribution in [3.8, 4) is 11.5 Å². The van der Waals surface area contributed by atoms with Crippen molar-refractivity contribution in [1.29, 1.82) is 0 Å². The Kier molecular flexibility index (Phi) is 2.95. The molecule has 0 heterocycles. The lowest BCUT2D eigenvalue weighted by Crippen LogP contribution is -2.16. The molecular weight excluding hydrogens is 228 g/mol. The van der Waals surface area contributed by atoms with Crippen LogP contribution in [0, 0.1) is 0 Å². The number of hydrogen-bond acceptors (Lipinski definition) is 4. The number of benzene rings is 2. The van der Waals surface area contributed by atoms with Gasteiger partial charge in [0, 0.05) is 45.0 Å². The predicted molar refractivity (Wildman–Crippen MR) is 71.5 cm³/mol. The fourth-order valence-electron chi connectivity index (χ4n) is 2.23. The average molecular weight is 244 g/mol. The van der Waals surface area contributed by atoms with E-state index < -0.39 is 0 Å². The molecule has 0 aliphatic heterocycles. The molecule has 2 aromatic rings. The molecule has 0 amide bonds. The number of nitrogens with zero attached hydrogens (tertiary/aromatic N) is 2. The topological polar surface area (TPSA) is 52.6 Å². The maximum absolute atomic E-state index is 12.0. The second-order valence-electron chi connectivity index (χ2n) is 4.71. The van der Waals surface area contributed by atoms with E-state index in [1.165, 1.54) is 0 Å². The molecule has 96 valence electrons. The Hall–Kier alpha value is -2.10. The van der Waals surface area contributed by atoms with Gasteiger partial charge in [-0.2, -0.15) is 0 Å². The van der Waals surface area contributed by atoms with Crippen LogP contribution in [-0.4, -0.2) is 28.2 Å². The maximum atomic E-state index is 12.0. The SMILES string of the molecule is CN(C)c1c([O-])ccc2ccc([O-])c(N(C)C)c12. The van der Waals surface area contributed by atoms with Crippen LogP contribution in [0.3, 0.4) is 0 Å². The summed E-state index contributed by atoms with van der Waals surface area (Å²) in [4.78, 5) is 3.52. The molecule has 4 nitrogen and oxygen atoms in total. The third-order valence-electron chi connectivity index (χ3n) is 2.95. The smallest absolute Gasteiger partial charge is 0.0381 e. The van der Waals surface area contributed by atoms with E-state index in [2.05, 4.69) is 0 Å². The van der Waals surface area contributed by atoms with Gasteiger partial charge in [0.05, 0.1) is 0 Å². The molecule has 0 radical (unpaired) electrons. The van der Waals surface area contributed by atoms with Crippen LogP contribution < -0.4 is 20.0 Å². The second kappa shape index (κ2) is 4.29. The monoisotopic (exact) mass is 244 g/mol. The quantitative estimate of drug-likeness (QED) is 0.794. The van der Waals surface area contributed by atoms with Crippen molar-refractivity contribution >= 4 is 22.1 Å². The molecule has 0 aliphatic rings. The van der Waals surface area contributed by atoms with E-state index in [1.54, 1.807) is 34.1 Å². The van der Waals surface area contributed by atoms with Crippen LogP contribution in [0.25, 0.3) is 10.8 Å². The van der Waals surface area contributed by atoms with E-state index in [0.29, 0.717) is 11.4 Å². The molecule has 0 unspecified atom stereocenters. The van der Waals surface area contributed by atoms with Gasteiger partial charge in [0.15, 0.2) is 0 Å². The minimum Gasteiger partial charge on any atom is -0.871 e. The molecule has 18 heavy (non-hydrogen) atoms. The Morgan fingerprint density at radius 3 is 1.44 bits per heavy atom. The first-order chi connectivity index (χ1) is 8.43. The van der Waals surface area contributed by atoms with Gasteiger partial charge in [0.2, 0.25) is 0 Å². The van der Waals surface area contributed by atoms with Crippen LogP contribution in [0.2, 0.25) is 0 Å². The van der Waals surface area contributed by atoms with E-state index in [9.17, 15) is 10.2 Å². The highest BCUT2D eigenvalue weighted by Gasteiger charge is 2.11. The zero-order chi connectivity index (χ0) is 13.4. The number of anilines is 2. The normalized spacial score (nSPS) is 10.7. The number of fused-ring (bicyclic) bond motifs is 1. The zero-order valence-electron chi connectivity index (χ0n) is 11.0. The summed E-state index contributed by atoms with van der Waals surface area (Å²) in [6.07, 6.45) is 0. The summed E-state index contributed by atoms with van der Waals surface area (Å²) in [7, 11) is 7.25. The summed E-state index contributed by atoms with van der Waals surface area (Å²) in [6, 6.07) is 6.61. The van der Waals surface area contributed by atoms with Crippen LogP contribution in [-0.2, 0) is 0 Å². The highest BCUT2D eigenvalue weighted by molar-refractivity contribution is 6.07. The number of hydrogen-bond donors (Lipinski definition) is 0. The van der Waals surface area contributed by atoms with Gasteiger partial charge in [-0.05, 0) is 5.39 Å². The predicted octanol–water partition coefficient (Wildman–Crippen LogP) is 1.12. The Morgan fingerprint density at radius 1 is 0.722 bits per heavy atom. The largest absolute Gasteiger partial charge is 0.871 e. The zero-order valence-corrected chi connectivity index (χ0v) is 11.0. The Labute approximate surface area is 107 Å². The molecule has 0 saturated heterocycles. The van der Waals surface area contributed by atoms with Crippen molar-refractivity contribution in [3.05, 3.63) is 24.3 Å². The second-order valence-corrected chi connectivity index (χ2v) is 4.71. The fourth-order valence-corrected chi connectivity index (χ4v) is 2.23. The Morgan fingerprint density at radius 2 is 1.11 bits per heavy atom. The lowest BCUT2D eigenvalue weighted by molar-refractivity contribution is -0.267. The summed E-state index contributed by atoms with van der Waals surface area (Å²) >= 11 is 0.